The van der Waals surface area contributed by atoms with Crippen LogP contribution in [0, 0.1) is 6.92 Å². The molecule has 0 aliphatic rings. The number of rotatable bonds is 2. The Labute approximate surface area is 68.5 Å². The van der Waals surface area contributed by atoms with Crippen LogP contribution in [0.2, 0.25) is 0 Å². The van der Waals surface area contributed by atoms with Gasteiger partial charge in [-0.25, -0.2) is 0 Å². The highest BCUT2D eigenvalue weighted by Crippen LogP contribution is 2.08. The van der Waals surface area contributed by atoms with Crippen LogP contribution in [-0.2, 0) is 16.8 Å². The van der Waals surface area contributed by atoms with Crippen LogP contribution in [0.1, 0.15) is 11.1 Å². The predicted molar refractivity (Wildman–Crippen MR) is 43.8 cm³/mol. The molecule has 0 amide bonds. The third kappa shape index (κ3) is 2.44. The van der Waals surface area contributed by atoms with Crippen LogP contribution >= 0.6 is 0 Å². The molecule has 0 N–H and O–H groups in total. The van der Waals surface area contributed by atoms with Crippen LogP contribution in [0.5, 0.6) is 0 Å². The number of benzene rings is 1. The molecule has 0 aromatic heterocycles. The normalized spacial score (nSPS) is 12.9. The topological polar surface area (TPSA) is 40.1 Å². The Morgan fingerprint density at radius 3 is 2.64 bits per heavy atom. The molecule has 1 atom stereocenters. The lowest BCUT2D eigenvalue weighted by Gasteiger charge is -2.06. The van der Waals surface area contributed by atoms with Crippen molar-refractivity contribution in [2.45, 2.75) is 12.7 Å². The summed E-state index contributed by atoms with van der Waals surface area (Å²) >= 11 is -1.98. The Hall–Kier alpha value is -0.670. The third-order valence-corrected chi connectivity index (χ3v) is 2.08. The summed E-state index contributed by atoms with van der Waals surface area (Å²) in [5.41, 5.74) is 1.90. The zero-order valence-electron chi connectivity index (χ0n) is 6.24. The summed E-state index contributed by atoms with van der Waals surface area (Å²) in [5.74, 6) is 0.118. The van der Waals surface area contributed by atoms with Crippen LogP contribution in [0.3, 0.4) is 0 Å². The van der Waals surface area contributed by atoms with Crippen molar-refractivity contribution < 1.29 is 8.76 Å². The monoisotopic (exact) mass is 169 g/mol. The van der Waals surface area contributed by atoms with Gasteiger partial charge in [0.15, 0.2) is 0 Å². The fraction of sp³-hybridized carbons (Fsp3) is 0.250. The molecule has 0 aliphatic heterocycles. The summed E-state index contributed by atoms with van der Waals surface area (Å²) in [5, 5.41) is 0. The van der Waals surface area contributed by atoms with Crippen LogP contribution < -0.4 is 0 Å². The van der Waals surface area contributed by atoms with E-state index in [2.05, 4.69) is 0 Å². The zero-order chi connectivity index (χ0) is 8.27. The first-order valence-electron chi connectivity index (χ1n) is 3.30. The van der Waals surface area contributed by atoms with Crippen molar-refractivity contribution in [1.82, 2.24) is 0 Å². The van der Waals surface area contributed by atoms with Gasteiger partial charge in [0.2, 0.25) is 0 Å². The standard InChI is InChI=1S/C8H10O2S/c1-7-4-2-3-5-8(7)6-11(9)10/h2-5H,6H2,1H3,(H,9,10)/p-1. The van der Waals surface area contributed by atoms with Crippen LogP contribution in [0.4, 0.5) is 0 Å². The first-order valence-corrected chi connectivity index (χ1v) is 4.55. The van der Waals surface area contributed by atoms with Crippen molar-refractivity contribution in [1.29, 1.82) is 0 Å². The lowest BCUT2D eigenvalue weighted by atomic mass is 10.1. The van der Waals surface area contributed by atoms with Gasteiger partial charge in [-0.1, -0.05) is 35.3 Å². The van der Waals surface area contributed by atoms with Gasteiger partial charge in [-0.2, -0.15) is 0 Å². The third-order valence-electron chi connectivity index (χ3n) is 1.53. The number of hydrogen-bond acceptors (Lipinski definition) is 2. The van der Waals surface area contributed by atoms with Gasteiger partial charge in [-0.15, -0.1) is 0 Å². The van der Waals surface area contributed by atoms with Crippen molar-refractivity contribution in [3.05, 3.63) is 35.4 Å². The summed E-state index contributed by atoms with van der Waals surface area (Å²) in [6, 6.07) is 7.47. The molecule has 2 nitrogen and oxygen atoms in total. The van der Waals surface area contributed by atoms with Gasteiger partial charge in [0.1, 0.15) is 0 Å². The van der Waals surface area contributed by atoms with E-state index in [1.165, 1.54) is 0 Å². The molecular weight excluding hydrogens is 160 g/mol. The summed E-state index contributed by atoms with van der Waals surface area (Å²) in [6.45, 7) is 1.90. The van der Waals surface area contributed by atoms with E-state index in [1.807, 2.05) is 31.2 Å². The molecule has 1 rings (SSSR count). The smallest absolute Gasteiger partial charge is 0.0355 e. The minimum absolute atomic E-state index is 0.118. The SMILES string of the molecule is Cc1ccccc1CS(=O)[O-]. The summed E-state index contributed by atoms with van der Waals surface area (Å²) in [4.78, 5) is 0. The second-order valence-corrected chi connectivity index (χ2v) is 3.27. The minimum atomic E-state index is -1.98. The summed E-state index contributed by atoms with van der Waals surface area (Å²) in [7, 11) is 0. The van der Waals surface area contributed by atoms with E-state index < -0.39 is 11.1 Å². The minimum Gasteiger partial charge on any atom is -0.772 e. The Morgan fingerprint density at radius 2 is 2.09 bits per heavy atom. The molecule has 3 heteroatoms. The molecule has 0 heterocycles. The van der Waals surface area contributed by atoms with E-state index in [-0.39, 0.29) is 5.75 Å². The molecule has 0 bridgehead atoms. The predicted octanol–water partition coefficient (Wildman–Crippen LogP) is 1.37. The molecule has 0 saturated heterocycles. The number of aryl methyl sites for hydroxylation is 1. The fourth-order valence-electron chi connectivity index (χ4n) is 0.899. The molecule has 60 valence electrons. The van der Waals surface area contributed by atoms with Crippen molar-refractivity contribution in [2.75, 3.05) is 0 Å². The highest BCUT2D eigenvalue weighted by Gasteiger charge is 1.94. The average molecular weight is 169 g/mol. The van der Waals surface area contributed by atoms with Crippen LogP contribution in [-0.4, -0.2) is 8.76 Å². The first-order chi connectivity index (χ1) is 5.20. The zero-order valence-corrected chi connectivity index (χ0v) is 7.06. The quantitative estimate of drug-likeness (QED) is 0.627. The Kier molecular flexibility index (Phi) is 2.79. The van der Waals surface area contributed by atoms with Crippen molar-refractivity contribution in [2.24, 2.45) is 0 Å². The maximum absolute atomic E-state index is 10.3. The molecular formula is C8H9O2S-. The fourth-order valence-corrected chi connectivity index (χ4v) is 1.48. The second-order valence-electron chi connectivity index (χ2n) is 2.37. The summed E-state index contributed by atoms with van der Waals surface area (Å²) in [6.07, 6.45) is 0. The molecule has 0 radical (unpaired) electrons. The maximum atomic E-state index is 10.3. The molecule has 1 aromatic rings. The first kappa shape index (κ1) is 8.43. The summed E-state index contributed by atoms with van der Waals surface area (Å²) < 4.78 is 20.6. The Bertz CT molecular complexity index is 271. The van der Waals surface area contributed by atoms with E-state index >= 15 is 0 Å². The lowest BCUT2D eigenvalue weighted by molar-refractivity contribution is 0.536. The van der Waals surface area contributed by atoms with Crippen molar-refractivity contribution >= 4 is 11.1 Å². The molecule has 0 aliphatic carbocycles. The van der Waals surface area contributed by atoms with Gasteiger partial charge >= 0.3 is 0 Å². The molecule has 0 fully saturated rings. The molecule has 11 heavy (non-hydrogen) atoms. The van der Waals surface area contributed by atoms with Gasteiger partial charge in [0.05, 0.1) is 0 Å². The van der Waals surface area contributed by atoms with Crippen LogP contribution in [0.25, 0.3) is 0 Å². The second kappa shape index (κ2) is 3.64. The molecule has 1 unspecified atom stereocenters. The largest absolute Gasteiger partial charge is 0.772 e. The van der Waals surface area contributed by atoms with E-state index in [4.69, 9.17) is 0 Å². The number of hydrogen-bond donors (Lipinski definition) is 0. The lowest BCUT2D eigenvalue weighted by Crippen LogP contribution is -1.95. The van der Waals surface area contributed by atoms with Gasteiger partial charge < -0.3 is 4.55 Å². The van der Waals surface area contributed by atoms with E-state index in [0.717, 1.165) is 11.1 Å². The maximum Gasteiger partial charge on any atom is 0.0355 e. The molecule has 0 saturated carbocycles. The molecule has 1 aromatic carbocycles. The van der Waals surface area contributed by atoms with Gasteiger partial charge in [0, 0.05) is 5.75 Å². The van der Waals surface area contributed by atoms with Crippen LogP contribution in [0.15, 0.2) is 24.3 Å². The van der Waals surface area contributed by atoms with Crippen molar-refractivity contribution in [3.8, 4) is 0 Å². The van der Waals surface area contributed by atoms with Gasteiger partial charge in [-0.05, 0) is 18.1 Å². The van der Waals surface area contributed by atoms with Crippen molar-refractivity contribution in [3.63, 3.8) is 0 Å². The Balaban J connectivity index is 2.86. The highest BCUT2D eigenvalue weighted by atomic mass is 32.2. The Morgan fingerprint density at radius 1 is 1.45 bits per heavy atom. The van der Waals surface area contributed by atoms with E-state index in [9.17, 15) is 8.76 Å². The van der Waals surface area contributed by atoms with E-state index in [1.54, 1.807) is 0 Å². The average Bonchev–Trinajstić information content (AvgIpc) is 1.93. The highest BCUT2D eigenvalue weighted by molar-refractivity contribution is 7.78. The van der Waals surface area contributed by atoms with E-state index in [0.29, 0.717) is 0 Å². The van der Waals surface area contributed by atoms with Gasteiger partial charge in [-0.3, -0.25) is 4.21 Å². The molecule has 0 spiro atoms. The van der Waals surface area contributed by atoms with Gasteiger partial charge in [0.25, 0.3) is 0 Å².